The van der Waals surface area contributed by atoms with E-state index in [-0.39, 0.29) is 11.9 Å². The number of aryl methyl sites for hydroxylation is 1. The molecular weight excluding hydrogens is 370 g/mol. The highest BCUT2D eigenvalue weighted by Gasteiger charge is 2.35. The van der Waals surface area contributed by atoms with Gasteiger partial charge in [0.25, 0.3) is 5.91 Å². The first-order valence-electron chi connectivity index (χ1n) is 9.64. The minimum absolute atomic E-state index is 0.0399. The maximum absolute atomic E-state index is 13.6. The summed E-state index contributed by atoms with van der Waals surface area (Å²) in [6.45, 7) is 2.27. The molecular formula is C23H25NO5. The molecule has 0 saturated heterocycles. The Morgan fingerprint density at radius 1 is 1.03 bits per heavy atom. The Hall–Kier alpha value is -3.15. The van der Waals surface area contributed by atoms with Crippen molar-refractivity contribution in [3.8, 4) is 17.2 Å². The molecule has 1 aliphatic carbocycles. The number of hydrogen-bond donors (Lipinski definition) is 0. The van der Waals surface area contributed by atoms with Crippen LogP contribution in [0, 0.1) is 6.92 Å². The molecule has 0 unspecified atom stereocenters. The molecule has 1 aliphatic rings. The summed E-state index contributed by atoms with van der Waals surface area (Å²) in [5.41, 5.74) is 2.18. The highest BCUT2D eigenvalue weighted by Crippen LogP contribution is 2.36. The van der Waals surface area contributed by atoms with E-state index >= 15 is 0 Å². The largest absolute Gasteiger partial charge is 0.497 e. The first-order chi connectivity index (χ1) is 14.0. The van der Waals surface area contributed by atoms with Crippen LogP contribution in [0.1, 0.15) is 34.5 Å². The molecule has 1 saturated carbocycles. The zero-order chi connectivity index (χ0) is 20.5. The predicted molar refractivity (Wildman–Crippen MR) is 110 cm³/mol. The van der Waals surface area contributed by atoms with Crippen molar-refractivity contribution in [3.63, 3.8) is 0 Å². The topological polar surface area (TPSA) is 61.1 Å². The minimum atomic E-state index is -0.0399. The SMILES string of the molecule is COc1ccc(OC)c(CN(C(=O)c2c(C)oc3ccc(OC)cc23)C2CC2)c1. The van der Waals surface area contributed by atoms with Gasteiger partial charge in [0.05, 0.1) is 33.4 Å². The minimum Gasteiger partial charge on any atom is -0.497 e. The number of fused-ring (bicyclic) bond motifs is 1. The number of rotatable bonds is 7. The van der Waals surface area contributed by atoms with Gasteiger partial charge in [0.1, 0.15) is 28.6 Å². The van der Waals surface area contributed by atoms with Crippen molar-refractivity contribution >= 4 is 16.9 Å². The number of ether oxygens (including phenoxy) is 3. The van der Waals surface area contributed by atoms with Crippen LogP contribution in [0.25, 0.3) is 11.0 Å². The van der Waals surface area contributed by atoms with Gasteiger partial charge in [-0.05, 0) is 56.2 Å². The first kappa shape index (κ1) is 19.2. The van der Waals surface area contributed by atoms with E-state index in [4.69, 9.17) is 18.6 Å². The molecule has 0 bridgehead atoms. The lowest BCUT2D eigenvalue weighted by molar-refractivity contribution is 0.0728. The van der Waals surface area contributed by atoms with Crippen molar-refractivity contribution in [1.82, 2.24) is 4.90 Å². The fourth-order valence-electron chi connectivity index (χ4n) is 3.68. The van der Waals surface area contributed by atoms with Gasteiger partial charge in [0.2, 0.25) is 0 Å². The van der Waals surface area contributed by atoms with E-state index in [9.17, 15) is 4.79 Å². The van der Waals surface area contributed by atoms with E-state index in [0.29, 0.717) is 29.2 Å². The Labute approximate surface area is 170 Å². The Balaban J connectivity index is 1.73. The van der Waals surface area contributed by atoms with Gasteiger partial charge in [-0.25, -0.2) is 0 Å². The molecule has 1 fully saturated rings. The quantitative estimate of drug-likeness (QED) is 0.586. The fourth-order valence-corrected chi connectivity index (χ4v) is 3.68. The average molecular weight is 395 g/mol. The average Bonchev–Trinajstić information content (AvgIpc) is 3.52. The summed E-state index contributed by atoms with van der Waals surface area (Å²) in [4.78, 5) is 15.5. The second-order valence-electron chi connectivity index (χ2n) is 7.24. The van der Waals surface area contributed by atoms with Crippen LogP contribution >= 0.6 is 0 Å². The van der Waals surface area contributed by atoms with Crippen LogP contribution in [0.2, 0.25) is 0 Å². The summed E-state index contributed by atoms with van der Waals surface area (Å²) in [5.74, 6) is 2.74. The van der Waals surface area contributed by atoms with Crippen molar-refractivity contribution in [2.75, 3.05) is 21.3 Å². The molecule has 1 amide bonds. The summed E-state index contributed by atoms with van der Waals surface area (Å²) in [6.07, 6.45) is 1.99. The van der Waals surface area contributed by atoms with Crippen molar-refractivity contribution < 1.29 is 23.4 Å². The van der Waals surface area contributed by atoms with Gasteiger partial charge >= 0.3 is 0 Å². The summed E-state index contributed by atoms with van der Waals surface area (Å²) in [6, 6.07) is 11.4. The summed E-state index contributed by atoms with van der Waals surface area (Å²) < 4.78 is 22.1. The van der Waals surface area contributed by atoms with Gasteiger partial charge in [0.15, 0.2) is 0 Å². The number of carbonyl (C=O) groups is 1. The lowest BCUT2D eigenvalue weighted by atomic mass is 10.1. The molecule has 152 valence electrons. The van der Waals surface area contributed by atoms with Gasteiger partial charge in [-0.2, -0.15) is 0 Å². The molecule has 4 rings (SSSR count). The van der Waals surface area contributed by atoms with E-state index in [0.717, 1.165) is 35.3 Å². The molecule has 3 aromatic rings. The smallest absolute Gasteiger partial charge is 0.258 e. The monoisotopic (exact) mass is 395 g/mol. The molecule has 1 aromatic heterocycles. The maximum Gasteiger partial charge on any atom is 0.258 e. The zero-order valence-electron chi connectivity index (χ0n) is 17.2. The number of methoxy groups -OCH3 is 3. The third kappa shape index (κ3) is 3.62. The summed E-state index contributed by atoms with van der Waals surface area (Å²) >= 11 is 0. The van der Waals surface area contributed by atoms with E-state index in [1.54, 1.807) is 21.3 Å². The van der Waals surface area contributed by atoms with Gasteiger partial charge in [-0.1, -0.05) is 0 Å². The Kier molecular flexibility index (Phi) is 5.09. The highest BCUT2D eigenvalue weighted by molar-refractivity contribution is 6.07. The summed E-state index contributed by atoms with van der Waals surface area (Å²) in [5, 5.41) is 0.773. The van der Waals surface area contributed by atoms with Crippen LogP contribution in [0.4, 0.5) is 0 Å². The lowest BCUT2D eigenvalue weighted by Crippen LogP contribution is -2.33. The molecule has 0 spiro atoms. The van der Waals surface area contributed by atoms with Crippen molar-refractivity contribution in [2.45, 2.75) is 32.4 Å². The zero-order valence-corrected chi connectivity index (χ0v) is 17.2. The normalized spacial score (nSPS) is 13.4. The van der Waals surface area contributed by atoms with Gasteiger partial charge < -0.3 is 23.5 Å². The van der Waals surface area contributed by atoms with E-state index in [2.05, 4.69) is 0 Å². The molecule has 0 N–H and O–H groups in total. The van der Waals surface area contributed by atoms with Gasteiger partial charge in [-0.3, -0.25) is 4.79 Å². The van der Waals surface area contributed by atoms with E-state index in [1.807, 2.05) is 48.2 Å². The number of hydrogen-bond acceptors (Lipinski definition) is 5. The molecule has 29 heavy (non-hydrogen) atoms. The fraction of sp³-hybridized carbons (Fsp3) is 0.348. The third-order valence-corrected chi connectivity index (χ3v) is 5.36. The first-order valence-corrected chi connectivity index (χ1v) is 9.64. The third-order valence-electron chi connectivity index (χ3n) is 5.36. The van der Waals surface area contributed by atoms with E-state index in [1.165, 1.54) is 0 Å². The van der Waals surface area contributed by atoms with Crippen LogP contribution in [0.3, 0.4) is 0 Å². The number of benzene rings is 2. The molecule has 0 aliphatic heterocycles. The molecule has 0 radical (unpaired) electrons. The summed E-state index contributed by atoms with van der Waals surface area (Å²) in [7, 11) is 4.87. The van der Waals surface area contributed by atoms with Crippen molar-refractivity contribution in [3.05, 3.63) is 53.3 Å². The standard InChI is InChI=1S/C23H25NO5/c1-14-22(19-12-18(27-3)8-10-21(19)29-14)23(25)24(16-5-6-16)13-15-11-17(26-2)7-9-20(15)28-4/h7-12,16H,5-6,13H2,1-4H3. The lowest BCUT2D eigenvalue weighted by Gasteiger charge is -2.24. The van der Waals surface area contributed by atoms with E-state index < -0.39 is 0 Å². The Bertz CT molecular complexity index is 1050. The van der Waals surface area contributed by atoms with Crippen LogP contribution in [0.15, 0.2) is 40.8 Å². The second-order valence-corrected chi connectivity index (χ2v) is 7.24. The van der Waals surface area contributed by atoms with Crippen LogP contribution in [-0.4, -0.2) is 38.2 Å². The van der Waals surface area contributed by atoms with Crippen LogP contribution in [0.5, 0.6) is 17.2 Å². The van der Waals surface area contributed by atoms with Crippen LogP contribution < -0.4 is 14.2 Å². The predicted octanol–water partition coefficient (Wildman–Crippen LogP) is 4.57. The second kappa shape index (κ2) is 7.70. The van der Waals surface area contributed by atoms with Crippen LogP contribution in [-0.2, 0) is 6.54 Å². The Morgan fingerprint density at radius 2 is 1.72 bits per heavy atom. The molecule has 2 aromatic carbocycles. The van der Waals surface area contributed by atoms with Gasteiger partial charge in [-0.15, -0.1) is 0 Å². The van der Waals surface area contributed by atoms with Crippen molar-refractivity contribution in [1.29, 1.82) is 0 Å². The molecule has 6 heteroatoms. The number of nitrogens with zero attached hydrogens (tertiary/aromatic N) is 1. The molecule has 6 nitrogen and oxygen atoms in total. The van der Waals surface area contributed by atoms with Crippen molar-refractivity contribution in [2.24, 2.45) is 0 Å². The number of carbonyl (C=O) groups excluding carboxylic acids is 1. The number of furan rings is 1. The molecule has 0 atom stereocenters. The highest BCUT2D eigenvalue weighted by atomic mass is 16.5. The maximum atomic E-state index is 13.6. The molecule has 1 heterocycles. The number of amides is 1. The van der Waals surface area contributed by atoms with Gasteiger partial charge in [0, 0.05) is 17.0 Å². The Morgan fingerprint density at radius 3 is 2.38 bits per heavy atom.